The summed E-state index contributed by atoms with van der Waals surface area (Å²) in [5, 5.41) is 0. The molecule has 0 aliphatic heterocycles. The molecule has 0 fully saturated rings. The van der Waals surface area contributed by atoms with Crippen molar-refractivity contribution in [1.82, 2.24) is 9.55 Å². The number of anilines is 2. The average molecular weight is 485 g/mol. The second-order valence-corrected chi connectivity index (χ2v) is 8.72. The zero-order chi connectivity index (χ0) is 25.7. The molecule has 0 spiro atoms. The highest BCUT2D eigenvalue weighted by Crippen LogP contribution is 2.22. The molecule has 0 aliphatic rings. The molecule has 2 aromatic heterocycles. The molecule has 0 aliphatic carbocycles. The van der Waals surface area contributed by atoms with E-state index in [9.17, 15) is 14.4 Å². The minimum absolute atomic E-state index is 0.0424. The number of nitrogens with two attached hydrogens (primary N) is 1. The lowest BCUT2D eigenvalue weighted by Crippen LogP contribution is -2.40. The van der Waals surface area contributed by atoms with Gasteiger partial charge in [0.1, 0.15) is 11.6 Å². The smallest absolute Gasteiger partial charge is 0.330 e. The van der Waals surface area contributed by atoms with E-state index < -0.39 is 17.2 Å². The van der Waals surface area contributed by atoms with Crippen LogP contribution in [-0.4, -0.2) is 15.5 Å². The van der Waals surface area contributed by atoms with Crippen molar-refractivity contribution >= 4 is 23.5 Å². The van der Waals surface area contributed by atoms with E-state index in [1.54, 1.807) is 18.2 Å². The number of aromatic amines is 1. The van der Waals surface area contributed by atoms with Crippen LogP contribution in [0.2, 0.25) is 0 Å². The van der Waals surface area contributed by atoms with Gasteiger partial charge in [-0.15, -0.1) is 0 Å². The maximum Gasteiger partial charge on any atom is 0.330 e. The maximum atomic E-state index is 13.4. The first-order valence-electron chi connectivity index (χ1n) is 11.6. The second-order valence-electron chi connectivity index (χ2n) is 8.72. The molecule has 8 nitrogen and oxygen atoms in total. The van der Waals surface area contributed by atoms with Gasteiger partial charge in [-0.25, -0.2) is 4.79 Å². The summed E-state index contributed by atoms with van der Waals surface area (Å²) in [5.74, 6) is 0.260. The van der Waals surface area contributed by atoms with Crippen LogP contribution >= 0.6 is 0 Å². The number of nitrogens with zero attached hydrogens (tertiary/aromatic N) is 2. The predicted octanol–water partition coefficient (Wildman–Crippen LogP) is 4.13. The molecule has 8 heteroatoms. The van der Waals surface area contributed by atoms with Gasteiger partial charge in [0.15, 0.2) is 5.69 Å². The molecule has 0 unspecified atom stereocenters. The fourth-order valence-electron chi connectivity index (χ4n) is 3.84. The third-order valence-electron chi connectivity index (χ3n) is 5.85. The molecule has 2 heterocycles. The van der Waals surface area contributed by atoms with Crippen LogP contribution in [0.5, 0.6) is 0 Å². The van der Waals surface area contributed by atoms with Crippen LogP contribution in [0.1, 0.15) is 42.2 Å². The molecule has 2 aromatic carbocycles. The Labute approximate surface area is 208 Å². The molecule has 1 amide bonds. The minimum Gasteiger partial charge on any atom is -0.467 e. The third kappa shape index (κ3) is 5.55. The van der Waals surface area contributed by atoms with Crippen molar-refractivity contribution in [2.45, 2.75) is 32.9 Å². The highest BCUT2D eigenvalue weighted by atomic mass is 16.3. The van der Waals surface area contributed by atoms with E-state index in [1.165, 1.54) is 27.4 Å². The van der Waals surface area contributed by atoms with Gasteiger partial charge in [-0.2, -0.15) is 0 Å². The van der Waals surface area contributed by atoms with Crippen molar-refractivity contribution in [3.05, 3.63) is 122 Å². The summed E-state index contributed by atoms with van der Waals surface area (Å²) in [7, 11) is 0. The van der Waals surface area contributed by atoms with Crippen LogP contribution in [0.4, 0.5) is 11.5 Å². The van der Waals surface area contributed by atoms with Gasteiger partial charge in [-0.1, -0.05) is 68.4 Å². The number of nitrogens with one attached hydrogen (secondary N) is 1. The van der Waals surface area contributed by atoms with Gasteiger partial charge in [0, 0.05) is 6.08 Å². The van der Waals surface area contributed by atoms with Crippen LogP contribution in [0, 0.1) is 0 Å². The number of amides is 1. The zero-order valence-corrected chi connectivity index (χ0v) is 20.2. The summed E-state index contributed by atoms with van der Waals surface area (Å²) in [6.07, 6.45) is 4.53. The van der Waals surface area contributed by atoms with E-state index in [0.717, 1.165) is 11.1 Å². The molecular formula is C28H28N4O4. The Morgan fingerprint density at radius 1 is 1.06 bits per heavy atom. The molecule has 4 aromatic rings. The SMILES string of the molecule is CC(C)c1ccc(/C=C/C(=O)N(Cc2ccco2)c2c(N)n(Cc3ccccc3)c(=O)[nH]c2=O)cc1. The lowest BCUT2D eigenvalue weighted by atomic mass is 10.0. The first-order valence-corrected chi connectivity index (χ1v) is 11.6. The van der Waals surface area contributed by atoms with Gasteiger partial charge >= 0.3 is 5.69 Å². The quantitative estimate of drug-likeness (QED) is 0.365. The van der Waals surface area contributed by atoms with Gasteiger partial charge in [0.2, 0.25) is 0 Å². The lowest BCUT2D eigenvalue weighted by Gasteiger charge is -2.22. The number of aromatic nitrogens is 2. The van der Waals surface area contributed by atoms with Crippen molar-refractivity contribution in [3.8, 4) is 0 Å². The van der Waals surface area contributed by atoms with E-state index in [4.69, 9.17) is 10.2 Å². The molecule has 3 N–H and O–H groups in total. The molecule has 0 saturated heterocycles. The monoisotopic (exact) mass is 484 g/mol. The molecular weight excluding hydrogens is 456 g/mol. The predicted molar refractivity (Wildman–Crippen MR) is 141 cm³/mol. The Morgan fingerprint density at radius 2 is 1.78 bits per heavy atom. The van der Waals surface area contributed by atoms with Crippen molar-refractivity contribution in [3.63, 3.8) is 0 Å². The number of furan rings is 1. The van der Waals surface area contributed by atoms with Crippen LogP contribution in [-0.2, 0) is 17.9 Å². The molecule has 0 radical (unpaired) electrons. The number of hydrogen-bond acceptors (Lipinski definition) is 5. The number of H-pyrrole nitrogens is 1. The van der Waals surface area contributed by atoms with Crippen molar-refractivity contribution in [1.29, 1.82) is 0 Å². The largest absolute Gasteiger partial charge is 0.467 e. The molecule has 0 bridgehead atoms. The Morgan fingerprint density at radius 3 is 2.42 bits per heavy atom. The summed E-state index contributed by atoms with van der Waals surface area (Å²) in [6.45, 7) is 4.31. The number of benzene rings is 2. The summed E-state index contributed by atoms with van der Waals surface area (Å²) in [4.78, 5) is 42.4. The van der Waals surface area contributed by atoms with Crippen LogP contribution < -0.4 is 21.9 Å². The van der Waals surface area contributed by atoms with E-state index in [0.29, 0.717) is 11.7 Å². The van der Waals surface area contributed by atoms with E-state index in [2.05, 4.69) is 18.8 Å². The number of hydrogen-bond donors (Lipinski definition) is 2. The number of nitrogen functional groups attached to an aromatic ring is 1. The summed E-state index contributed by atoms with van der Waals surface area (Å²) < 4.78 is 6.66. The Kier molecular flexibility index (Phi) is 7.34. The van der Waals surface area contributed by atoms with E-state index in [-0.39, 0.29) is 24.6 Å². The molecule has 184 valence electrons. The lowest BCUT2D eigenvalue weighted by molar-refractivity contribution is -0.114. The van der Waals surface area contributed by atoms with Gasteiger partial charge in [0.25, 0.3) is 11.5 Å². The highest BCUT2D eigenvalue weighted by Gasteiger charge is 2.24. The third-order valence-corrected chi connectivity index (χ3v) is 5.85. The van der Waals surface area contributed by atoms with Crippen molar-refractivity contribution in [2.24, 2.45) is 0 Å². The zero-order valence-electron chi connectivity index (χ0n) is 20.2. The van der Waals surface area contributed by atoms with Crippen molar-refractivity contribution in [2.75, 3.05) is 10.6 Å². The highest BCUT2D eigenvalue weighted by molar-refractivity contribution is 6.05. The Balaban J connectivity index is 1.72. The molecule has 0 saturated carbocycles. The summed E-state index contributed by atoms with van der Waals surface area (Å²) in [5.41, 5.74) is 7.66. The van der Waals surface area contributed by atoms with Crippen molar-refractivity contribution < 1.29 is 9.21 Å². The van der Waals surface area contributed by atoms with Gasteiger partial charge in [-0.05, 0) is 40.8 Å². The average Bonchev–Trinajstić information content (AvgIpc) is 3.38. The first-order chi connectivity index (χ1) is 17.3. The fourth-order valence-corrected chi connectivity index (χ4v) is 3.84. The van der Waals surface area contributed by atoms with Crippen LogP contribution in [0.3, 0.4) is 0 Å². The van der Waals surface area contributed by atoms with Gasteiger partial charge < -0.3 is 10.2 Å². The van der Waals surface area contributed by atoms with Crippen LogP contribution in [0.25, 0.3) is 6.08 Å². The molecule has 4 rings (SSSR count). The van der Waals surface area contributed by atoms with E-state index >= 15 is 0 Å². The summed E-state index contributed by atoms with van der Waals surface area (Å²) in [6, 6.07) is 20.5. The number of carbonyl (C=O) groups is 1. The first kappa shape index (κ1) is 24.5. The van der Waals surface area contributed by atoms with Crippen LogP contribution in [0.15, 0.2) is 93.1 Å². The second kappa shape index (κ2) is 10.8. The Hall–Kier alpha value is -4.59. The Bertz CT molecular complexity index is 1460. The molecule has 0 atom stereocenters. The van der Waals surface area contributed by atoms with E-state index in [1.807, 2.05) is 54.6 Å². The summed E-state index contributed by atoms with van der Waals surface area (Å²) >= 11 is 0. The van der Waals surface area contributed by atoms with Gasteiger partial charge in [-0.3, -0.25) is 24.0 Å². The topological polar surface area (TPSA) is 114 Å². The number of carbonyl (C=O) groups excluding carboxylic acids is 1. The fraction of sp³-hybridized carbons (Fsp3) is 0.179. The minimum atomic E-state index is -0.753. The molecule has 36 heavy (non-hydrogen) atoms. The maximum absolute atomic E-state index is 13.4. The normalized spacial score (nSPS) is 11.3. The number of rotatable bonds is 8. The standard InChI is InChI=1S/C28H28N4O4/c1-19(2)22-13-10-20(11-14-22)12-15-24(33)31(18-23-9-6-16-36-23)25-26(29)32(28(35)30-27(25)34)17-21-7-4-3-5-8-21/h3-16,19H,17-18,29H2,1-2H3,(H,30,34,35)/b15-12+. The van der Waals surface area contributed by atoms with Gasteiger partial charge in [0.05, 0.1) is 19.4 Å².